The van der Waals surface area contributed by atoms with Gasteiger partial charge in [-0.15, -0.1) is 0 Å². The van der Waals surface area contributed by atoms with Crippen LogP contribution in [0.2, 0.25) is 0 Å². The molecule has 2 N–H and O–H groups in total. The smallest absolute Gasteiger partial charge is 0.328 e. The number of nitrogens with one attached hydrogen (secondary N) is 2. The normalized spacial score (nSPS) is 15.3. The van der Waals surface area contributed by atoms with Gasteiger partial charge < -0.3 is 53.3 Å². The molecular formula is C44H50N2O12. The van der Waals surface area contributed by atoms with E-state index in [0.29, 0.717) is 74.7 Å². The lowest BCUT2D eigenvalue weighted by molar-refractivity contribution is -0.145. The third kappa shape index (κ3) is 9.68. The molecule has 0 fully saturated rings. The average molecular weight is 799 g/mol. The molecule has 0 aromatic heterocycles. The molecule has 14 heteroatoms. The van der Waals surface area contributed by atoms with Crippen LogP contribution in [0.15, 0.2) is 72.8 Å². The van der Waals surface area contributed by atoms with Crippen LogP contribution in [0.1, 0.15) is 46.8 Å². The molecule has 4 atom stereocenters. The summed E-state index contributed by atoms with van der Waals surface area (Å²) >= 11 is 0. The van der Waals surface area contributed by atoms with Gasteiger partial charge in [-0.05, 0) is 90.2 Å². The van der Waals surface area contributed by atoms with E-state index in [1.807, 2.05) is 25.1 Å². The molecule has 0 saturated carbocycles. The van der Waals surface area contributed by atoms with Crippen molar-refractivity contribution in [1.29, 1.82) is 0 Å². The van der Waals surface area contributed by atoms with E-state index in [0.717, 1.165) is 5.56 Å². The van der Waals surface area contributed by atoms with Crippen LogP contribution in [0.4, 0.5) is 0 Å². The third-order valence-electron chi connectivity index (χ3n) is 9.72. The van der Waals surface area contributed by atoms with E-state index in [2.05, 4.69) is 10.6 Å². The first kappa shape index (κ1) is 42.6. The van der Waals surface area contributed by atoms with Crippen molar-refractivity contribution in [1.82, 2.24) is 10.6 Å². The molecule has 2 amide bonds. The zero-order valence-corrected chi connectivity index (χ0v) is 34.1. The maximum Gasteiger partial charge on any atom is 0.328 e. The number of ether oxygens (including phenoxy) is 9. The van der Waals surface area contributed by atoms with Gasteiger partial charge in [0.05, 0.1) is 56.9 Å². The first-order valence-corrected chi connectivity index (χ1v) is 18.4. The van der Waals surface area contributed by atoms with Gasteiger partial charge in [-0.1, -0.05) is 18.2 Å². The number of hydrogen-bond acceptors (Lipinski definition) is 12. The average Bonchev–Trinajstić information content (AvgIpc) is 3.64. The Morgan fingerprint density at radius 2 is 1.17 bits per heavy atom. The summed E-state index contributed by atoms with van der Waals surface area (Å²) in [5.74, 6) is 1.33. The largest absolute Gasteiger partial charge is 0.493 e. The van der Waals surface area contributed by atoms with E-state index < -0.39 is 29.9 Å². The van der Waals surface area contributed by atoms with Crippen molar-refractivity contribution >= 4 is 23.9 Å². The number of hydrogen-bond donors (Lipinski definition) is 2. The minimum Gasteiger partial charge on any atom is -0.493 e. The molecule has 1 aliphatic rings. The lowest BCUT2D eigenvalue weighted by atomic mass is 9.88. The molecule has 4 aromatic rings. The molecule has 4 unspecified atom stereocenters. The van der Waals surface area contributed by atoms with Crippen LogP contribution in [-0.2, 0) is 32.0 Å². The van der Waals surface area contributed by atoms with Crippen molar-refractivity contribution in [2.24, 2.45) is 0 Å². The Morgan fingerprint density at radius 1 is 0.638 bits per heavy atom. The van der Waals surface area contributed by atoms with Crippen LogP contribution in [-0.4, -0.2) is 86.7 Å². The SMILES string of the molecule is COC(=O)C(Cc1ccc(OC)c(OC)c1)NC(=O)C1c2cc(C=CC(=O)NC(C)Cc3ccc(OC)c(OC)c3)cc(OC)c2OC1c1ccc(OC)c(OC)c1. The molecule has 14 nitrogen and oxygen atoms in total. The molecule has 0 bridgehead atoms. The fourth-order valence-corrected chi connectivity index (χ4v) is 6.89. The van der Waals surface area contributed by atoms with Crippen molar-refractivity contribution in [3.63, 3.8) is 0 Å². The molecule has 58 heavy (non-hydrogen) atoms. The van der Waals surface area contributed by atoms with Gasteiger partial charge in [-0.25, -0.2) is 4.79 Å². The summed E-state index contributed by atoms with van der Waals surface area (Å²) in [7, 11) is 12.0. The monoisotopic (exact) mass is 798 g/mol. The summed E-state index contributed by atoms with van der Waals surface area (Å²) in [4.78, 5) is 40.9. The topological polar surface area (TPSA) is 158 Å². The fraction of sp³-hybridized carbons (Fsp3) is 0.341. The number of amides is 2. The minimum absolute atomic E-state index is 0.0892. The zero-order valence-electron chi connectivity index (χ0n) is 34.1. The molecule has 0 radical (unpaired) electrons. The highest BCUT2D eigenvalue weighted by Crippen LogP contribution is 2.52. The fourth-order valence-electron chi connectivity index (χ4n) is 6.89. The van der Waals surface area contributed by atoms with Crippen LogP contribution in [0.3, 0.4) is 0 Å². The summed E-state index contributed by atoms with van der Waals surface area (Å²) in [6.07, 6.45) is 2.80. The second-order valence-corrected chi connectivity index (χ2v) is 13.4. The van der Waals surface area contributed by atoms with Gasteiger partial charge in [-0.3, -0.25) is 9.59 Å². The first-order valence-electron chi connectivity index (χ1n) is 18.4. The maximum absolute atomic E-state index is 14.6. The van der Waals surface area contributed by atoms with E-state index in [1.165, 1.54) is 48.7 Å². The van der Waals surface area contributed by atoms with Crippen molar-refractivity contribution in [3.05, 3.63) is 101 Å². The Hall–Kier alpha value is -6.57. The second-order valence-electron chi connectivity index (χ2n) is 13.4. The zero-order chi connectivity index (χ0) is 41.9. The summed E-state index contributed by atoms with van der Waals surface area (Å²) in [5.41, 5.74) is 3.31. The molecule has 1 aliphatic heterocycles. The van der Waals surface area contributed by atoms with Crippen LogP contribution in [0.25, 0.3) is 6.08 Å². The Kier molecular flexibility index (Phi) is 14.3. The van der Waals surface area contributed by atoms with E-state index in [9.17, 15) is 14.4 Å². The summed E-state index contributed by atoms with van der Waals surface area (Å²) < 4.78 is 50.0. The van der Waals surface area contributed by atoms with Crippen molar-refractivity contribution in [2.45, 2.75) is 43.9 Å². The number of benzene rings is 4. The Labute approximate surface area is 338 Å². The van der Waals surface area contributed by atoms with Crippen LogP contribution in [0, 0.1) is 0 Å². The lowest BCUT2D eigenvalue weighted by Gasteiger charge is -2.23. The number of fused-ring (bicyclic) bond motifs is 1. The minimum atomic E-state index is -1.08. The van der Waals surface area contributed by atoms with E-state index >= 15 is 0 Å². The summed E-state index contributed by atoms with van der Waals surface area (Å²) in [6.45, 7) is 1.91. The molecule has 5 rings (SSSR count). The number of carbonyl (C=O) groups excluding carboxylic acids is 3. The molecule has 0 aliphatic carbocycles. The highest BCUT2D eigenvalue weighted by atomic mass is 16.5. The molecule has 0 saturated heterocycles. The molecule has 4 aromatic carbocycles. The highest BCUT2D eigenvalue weighted by molar-refractivity contribution is 5.93. The predicted octanol–water partition coefficient (Wildman–Crippen LogP) is 5.63. The number of esters is 1. The third-order valence-corrected chi connectivity index (χ3v) is 9.72. The van der Waals surface area contributed by atoms with Crippen LogP contribution in [0.5, 0.6) is 46.0 Å². The maximum atomic E-state index is 14.6. The van der Waals surface area contributed by atoms with Gasteiger partial charge in [0.15, 0.2) is 46.0 Å². The van der Waals surface area contributed by atoms with E-state index in [1.54, 1.807) is 68.8 Å². The Balaban J connectivity index is 1.46. The summed E-state index contributed by atoms with van der Waals surface area (Å²) in [6, 6.07) is 18.3. The number of rotatable bonds is 18. The quantitative estimate of drug-likeness (QED) is 0.0947. The standard InChI is InChI=1S/C44H50N2O12/c1-25(18-26-10-14-32(50-2)35(21-26)53-5)45-39(47)17-12-27-19-30-40(41(58-42(30)38(23-27)56-8)29-13-16-34(52-4)37(24-29)55-7)43(48)46-31(44(49)57-9)20-28-11-15-33(51-3)36(22-28)54-6/h10-17,19,21-25,31,40-41H,18,20H2,1-9H3,(H,45,47)(H,46,48). The molecule has 308 valence electrons. The summed E-state index contributed by atoms with van der Waals surface area (Å²) in [5, 5.41) is 5.91. The van der Waals surface area contributed by atoms with Crippen molar-refractivity contribution in [2.75, 3.05) is 56.9 Å². The van der Waals surface area contributed by atoms with Crippen LogP contribution < -0.4 is 48.5 Å². The van der Waals surface area contributed by atoms with Gasteiger partial charge in [-0.2, -0.15) is 0 Å². The predicted molar refractivity (Wildman–Crippen MR) is 216 cm³/mol. The Morgan fingerprint density at radius 3 is 1.72 bits per heavy atom. The molecule has 0 spiro atoms. The lowest BCUT2D eigenvalue weighted by Crippen LogP contribution is -2.45. The van der Waals surface area contributed by atoms with Gasteiger partial charge in [0.25, 0.3) is 0 Å². The highest BCUT2D eigenvalue weighted by Gasteiger charge is 2.44. The van der Waals surface area contributed by atoms with Crippen molar-refractivity contribution < 1.29 is 57.0 Å². The first-order chi connectivity index (χ1) is 28.0. The van der Waals surface area contributed by atoms with E-state index in [-0.39, 0.29) is 18.4 Å². The molecule has 1 heterocycles. The van der Waals surface area contributed by atoms with Crippen LogP contribution >= 0.6 is 0 Å². The number of carbonyl (C=O) groups is 3. The Bertz CT molecular complexity index is 2130. The van der Waals surface area contributed by atoms with Gasteiger partial charge in [0.1, 0.15) is 18.1 Å². The van der Waals surface area contributed by atoms with Crippen molar-refractivity contribution in [3.8, 4) is 46.0 Å². The number of methoxy groups -OCH3 is 8. The second kappa shape index (κ2) is 19.5. The van der Waals surface area contributed by atoms with Gasteiger partial charge in [0, 0.05) is 24.1 Å². The van der Waals surface area contributed by atoms with Gasteiger partial charge in [0.2, 0.25) is 11.8 Å². The molecular weight excluding hydrogens is 748 g/mol. The van der Waals surface area contributed by atoms with Gasteiger partial charge >= 0.3 is 5.97 Å². The van der Waals surface area contributed by atoms with E-state index in [4.69, 9.17) is 42.6 Å².